The molecule has 102 valence electrons. The summed E-state index contributed by atoms with van der Waals surface area (Å²) in [5, 5.41) is 0. The largest absolute Gasteiger partial charge is 0.468 e. The van der Waals surface area contributed by atoms with E-state index < -0.39 is 17.9 Å². The molecule has 0 aliphatic carbocycles. The first-order chi connectivity index (χ1) is 9.10. The summed E-state index contributed by atoms with van der Waals surface area (Å²) in [7, 11) is 2.51. The zero-order valence-electron chi connectivity index (χ0n) is 11.3. The van der Waals surface area contributed by atoms with Crippen molar-refractivity contribution >= 4 is 18.0 Å². The van der Waals surface area contributed by atoms with E-state index in [-0.39, 0.29) is 5.92 Å². The predicted octanol–water partition coefficient (Wildman–Crippen LogP) is 2.30. The Hall–Kier alpha value is -2.10. The number of ether oxygens (including phenoxy) is 2. The van der Waals surface area contributed by atoms with E-state index in [2.05, 4.69) is 9.47 Å². The second kappa shape index (κ2) is 7.36. The average molecular weight is 262 g/mol. The van der Waals surface area contributed by atoms with Crippen LogP contribution >= 0.6 is 0 Å². The van der Waals surface area contributed by atoms with Crippen LogP contribution < -0.4 is 0 Å². The molecule has 19 heavy (non-hydrogen) atoms. The van der Waals surface area contributed by atoms with Crippen LogP contribution in [0.4, 0.5) is 0 Å². The van der Waals surface area contributed by atoms with Gasteiger partial charge in [0.1, 0.15) is 0 Å². The fraction of sp³-hybridized carbons (Fsp3) is 0.333. The van der Waals surface area contributed by atoms with E-state index in [0.29, 0.717) is 0 Å². The average Bonchev–Trinajstić information content (AvgIpc) is 2.45. The molecular weight excluding hydrogens is 244 g/mol. The highest BCUT2D eigenvalue weighted by atomic mass is 16.5. The summed E-state index contributed by atoms with van der Waals surface area (Å²) in [5.41, 5.74) is 1.00. The topological polar surface area (TPSA) is 52.6 Å². The summed E-state index contributed by atoms with van der Waals surface area (Å²) < 4.78 is 9.27. The van der Waals surface area contributed by atoms with E-state index in [1.54, 1.807) is 13.0 Å². The molecule has 4 heteroatoms. The van der Waals surface area contributed by atoms with Crippen molar-refractivity contribution in [2.45, 2.75) is 6.92 Å². The third-order valence-corrected chi connectivity index (χ3v) is 2.83. The van der Waals surface area contributed by atoms with Crippen molar-refractivity contribution in [1.29, 1.82) is 0 Å². The highest BCUT2D eigenvalue weighted by molar-refractivity contribution is 5.95. The van der Waals surface area contributed by atoms with Gasteiger partial charge in [-0.15, -0.1) is 0 Å². The quantitative estimate of drug-likeness (QED) is 0.603. The highest BCUT2D eigenvalue weighted by Crippen LogP contribution is 2.18. The van der Waals surface area contributed by atoms with E-state index >= 15 is 0 Å². The minimum Gasteiger partial charge on any atom is -0.468 e. The van der Waals surface area contributed by atoms with Gasteiger partial charge < -0.3 is 9.47 Å². The molecule has 0 saturated carbocycles. The molecule has 1 rings (SSSR count). The Kier molecular flexibility index (Phi) is 5.79. The Bertz CT molecular complexity index is 434. The maximum Gasteiger partial charge on any atom is 0.320 e. The number of allylic oxidation sites excluding steroid dienone is 1. The molecule has 0 saturated heterocycles. The number of hydrogen-bond donors (Lipinski definition) is 0. The molecule has 1 atom stereocenters. The maximum atomic E-state index is 11.6. The van der Waals surface area contributed by atoms with Gasteiger partial charge in [0.15, 0.2) is 5.92 Å². The van der Waals surface area contributed by atoms with Crippen molar-refractivity contribution < 1.29 is 19.1 Å². The van der Waals surface area contributed by atoms with Crippen LogP contribution in [0.3, 0.4) is 0 Å². The fourth-order valence-corrected chi connectivity index (χ4v) is 1.72. The standard InChI is InChI=1S/C15H18O4/c1-11(9-10-12-7-5-4-6-8-12)13(14(16)18-2)15(17)19-3/h4-11,13H,1-3H3/b10-9+/t11-/m0/s1. The molecule has 0 fully saturated rings. The van der Waals surface area contributed by atoms with Crippen LogP contribution in [0.5, 0.6) is 0 Å². The number of methoxy groups -OCH3 is 2. The first-order valence-electron chi connectivity index (χ1n) is 5.99. The molecule has 0 spiro atoms. The SMILES string of the molecule is COC(=O)C(C(=O)OC)[C@@H](C)/C=C/c1ccccc1. The first kappa shape index (κ1) is 15.0. The number of carbonyl (C=O) groups is 2. The molecule has 0 aromatic heterocycles. The number of benzene rings is 1. The summed E-state index contributed by atoms with van der Waals surface area (Å²) in [6.45, 7) is 1.78. The van der Waals surface area contributed by atoms with Gasteiger partial charge in [-0.2, -0.15) is 0 Å². The lowest BCUT2D eigenvalue weighted by atomic mass is 9.93. The summed E-state index contributed by atoms with van der Waals surface area (Å²) in [6.07, 6.45) is 3.66. The molecule has 1 aromatic rings. The van der Waals surface area contributed by atoms with Crippen LogP contribution in [0.25, 0.3) is 6.08 Å². The van der Waals surface area contributed by atoms with E-state index in [4.69, 9.17) is 0 Å². The van der Waals surface area contributed by atoms with Gasteiger partial charge in [0.25, 0.3) is 0 Å². The van der Waals surface area contributed by atoms with Gasteiger partial charge in [-0.05, 0) is 11.5 Å². The maximum absolute atomic E-state index is 11.6. The first-order valence-corrected chi connectivity index (χ1v) is 5.99. The molecule has 0 bridgehead atoms. The molecule has 0 aliphatic rings. The van der Waals surface area contributed by atoms with Crippen LogP contribution in [-0.2, 0) is 19.1 Å². The van der Waals surface area contributed by atoms with Crippen molar-refractivity contribution in [1.82, 2.24) is 0 Å². The fourth-order valence-electron chi connectivity index (χ4n) is 1.72. The lowest BCUT2D eigenvalue weighted by molar-refractivity contribution is -0.160. The zero-order chi connectivity index (χ0) is 14.3. The van der Waals surface area contributed by atoms with Gasteiger partial charge in [-0.3, -0.25) is 9.59 Å². The molecule has 0 aliphatic heterocycles. The number of esters is 2. The third kappa shape index (κ3) is 4.25. The van der Waals surface area contributed by atoms with Gasteiger partial charge >= 0.3 is 11.9 Å². The van der Waals surface area contributed by atoms with Gasteiger partial charge in [-0.25, -0.2) is 0 Å². The van der Waals surface area contributed by atoms with Crippen molar-refractivity contribution in [3.05, 3.63) is 42.0 Å². The molecular formula is C15H18O4. The highest BCUT2D eigenvalue weighted by Gasteiger charge is 2.32. The van der Waals surface area contributed by atoms with Gasteiger partial charge in [-0.1, -0.05) is 49.4 Å². The minimum absolute atomic E-state index is 0.305. The molecule has 1 aromatic carbocycles. The second-order valence-corrected chi connectivity index (χ2v) is 4.15. The van der Waals surface area contributed by atoms with Gasteiger partial charge in [0, 0.05) is 0 Å². The van der Waals surface area contributed by atoms with Crippen LogP contribution in [0.2, 0.25) is 0 Å². The van der Waals surface area contributed by atoms with Crippen LogP contribution in [0, 0.1) is 11.8 Å². The summed E-state index contributed by atoms with van der Waals surface area (Å²) in [5.74, 6) is -2.41. The molecule has 4 nitrogen and oxygen atoms in total. The number of rotatable bonds is 5. The Balaban J connectivity index is 2.83. The lowest BCUT2D eigenvalue weighted by Crippen LogP contribution is -2.31. The second-order valence-electron chi connectivity index (χ2n) is 4.15. The van der Waals surface area contributed by atoms with Gasteiger partial charge in [0.2, 0.25) is 0 Å². The Morgan fingerprint density at radius 1 is 1.05 bits per heavy atom. The van der Waals surface area contributed by atoms with Crippen molar-refractivity contribution in [3.63, 3.8) is 0 Å². The van der Waals surface area contributed by atoms with E-state index in [1.807, 2.05) is 36.4 Å². The summed E-state index contributed by atoms with van der Waals surface area (Å²) >= 11 is 0. The molecule has 0 unspecified atom stereocenters. The van der Waals surface area contributed by atoms with E-state index in [1.165, 1.54) is 14.2 Å². The minimum atomic E-state index is -0.935. The van der Waals surface area contributed by atoms with E-state index in [9.17, 15) is 9.59 Å². The summed E-state index contributed by atoms with van der Waals surface area (Å²) in [4.78, 5) is 23.2. The van der Waals surface area contributed by atoms with E-state index in [0.717, 1.165) is 5.56 Å². The molecule has 0 N–H and O–H groups in total. The van der Waals surface area contributed by atoms with Crippen molar-refractivity contribution in [2.24, 2.45) is 11.8 Å². The van der Waals surface area contributed by atoms with Gasteiger partial charge in [0.05, 0.1) is 14.2 Å². The Morgan fingerprint density at radius 3 is 2.05 bits per heavy atom. The Labute approximate surface area is 113 Å². The van der Waals surface area contributed by atoms with Crippen molar-refractivity contribution in [2.75, 3.05) is 14.2 Å². The lowest BCUT2D eigenvalue weighted by Gasteiger charge is -2.16. The van der Waals surface area contributed by atoms with Crippen LogP contribution in [0.1, 0.15) is 12.5 Å². The Morgan fingerprint density at radius 2 is 1.58 bits per heavy atom. The monoisotopic (exact) mass is 262 g/mol. The summed E-state index contributed by atoms with van der Waals surface area (Å²) in [6, 6.07) is 9.64. The zero-order valence-corrected chi connectivity index (χ0v) is 11.3. The predicted molar refractivity (Wildman–Crippen MR) is 72.2 cm³/mol. The number of carbonyl (C=O) groups excluding carboxylic acids is 2. The molecule has 0 radical (unpaired) electrons. The molecule has 0 amide bonds. The normalized spacial score (nSPS) is 12.4. The smallest absolute Gasteiger partial charge is 0.320 e. The van der Waals surface area contributed by atoms with Crippen molar-refractivity contribution in [3.8, 4) is 0 Å². The third-order valence-electron chi connectivity index (χ3n) is 2.83. The van der Waals surface area contributed by atoms with Crippen LogP contribution in [0.15, 0.2) is 36.4 Å². The van der Waals surface area contributed by atoms with Crippen LogP contribution in [-0.4, -0.2) is 26.2 Å². The number of hydrogen-bond acceptors (Lipinski definition) is 4. The molecule has 0 heterocycles.